The number of carbonyl (C=O) groups excluding carboxylic acids is 1. The van der Waals surface area contributed by atoms with Crippen LogP contribution in [-0.2, 0) is 10.3 Å². The summed E-state index contributed by atoms with van der Waals surface area (Å²) < 4.78 is 5.30. The minimum absolute atomic E-state index is 0.0159. The van der Waals surface area contributed by atoms with Gasteiger partial charge in [-0.1, -0.05) is 18.2 Å². The molecule has 1 aliphatic heterocycles. The van der Waals surface area contributed by atoms with Crippen LogP contribution in [0.15, 0.2) is 24.3 Å². The van der Waals surface area contributed by atoms with E-state index in [0.717, 1.165) is 12.0 Å². The van der Waals surface area contributed by atoms with E-state index in [1.165, 1.54) is 6.92 Å². The largest absolute Gasteiger partial charge is 0.383 e. The first-order chi connectivity index (χ1) is 7.62. The zero-order valence-electron chi connectivity index (χ0n) is 9.40. The summed E-state index contributed by atoms with van der Waals surface area (Å²) in [5.41, 5.74) is 0.486. The lowest BCUT2D eigenvalue weighted by Gasteiger charge is -2.32. The van der Waals surface area contributed by atoms with Gasteiger partial charge < -0.3 is 9.84 Å². The lowest BCUT2D eigenvalue weighted by atomic mass is 9.87. The number of aliphatic hydroxyl groups is 1. The first kappa shape index (κ1) is 11.3. The van der Waals surface area contributed by atoms with Crippen LogP contribution in [0.5, 0.6) is 0 Å². The topological polar surface area (TPSA) is 46.5 Å². The molecule has 1 unspecified atom stereocenters. The minimum Gasteiger partial charge on any atom is -0.383 e. The standard InChI is InChI=1S/C13H16O3/c1-10(14)11-4-2-5-12(8-11)13(15)6-3-7-16-9-13/h2,4-5,8,15H,3,6-7,9H2,1H3. The lowest BCUT2D eigenvalue weighted by Crippen LogP contribution is -2.35. The monoisotopic (exact) mass is 220 g/mol. The van der Waals surface area contributed by atoms with Crippen molar-refractivity contribution in [1.82, 2.24) is 0 Å². The highest BCUT2D eigenvalue weighted by Gasteiger charge is 2.32. The van der Waals surface area contributed by atoms with Crippen molar-refractivity contribution in [2.45, 2.75) is 25.4 Å². The maximum atomic E-state index is 11.3. The third-order valence-corrected chi connectivity index (χ3v) is 3.03. The van der Waals surface area contributed by atoms with Crippen LogP contribution in [0.3, 0.4) is 0 Å². The molecule has 0 radical (unpaired) electrons. The maximum absolute atomic E-state index is 11.3. The first-order valence-corrected chi connectivity index (χ1v) is 5.53. The van der Waals surface area contributed by atoms with E-state index in [9.17, 15) is 9.90 Å². The summed E-state index contributed by atoms with van der Waals surface area (Å²) >= 11 is 0. The maximum Gasteiger partial charge on any atom is 0.159 e. The van der Waals surface area contributed by atoms with Crippen molar-refractivity contribution in [3.8, 4) is 0 Å². The molecule has 1 atom stereocenters. The number of benzene rings is 1. The van der Waals surface area contributed by atoms with Gasteiger partial charge in [-0.25, -0.2) is 0 Å². The van der Waals surface area contributed by atoms with Gasteiger partial charge in [-0.2, -0.15) is 0 Å². The molecule has 16 heavy (non-hydrogen) atoms. The zero-order valence-corrected chi connectivity index (χ0v) is 9.40. The smallest absolute Gasteiger partial charge is 0.159 e. The summed E-state index contributed by atoms with van der Waals surface area (Å²) in [7, 11) is 0. The molecule has 1 saturated heterocycles. The lowest BCUT2D eigenvalue weighted by molar-refractivity contribution is -0.0902. The van der Waals surface area contributed by atoms with Crippen LogP contribution in [-0.4, -0.2) is 24.1 Å². The highest BCUT2D eigenvalue weighted by molar-refractivity contribution is 5.94. The zero-order chi connectivity index (χ0) is 11.6. The molecule has 0 aromatic heterocycles. The SMILES string of the molecule is CC(=O)c1cccc(C2(O)CCCOC2)c1. The Kier molecular flexibility index (Phi) is 3.08. The van der Waals surface area contributed by atoms with Gasteiger partial charge in [0.15, 0.2) is 5.78 Å². The highest BCUT2D eigenvalue weighted by atomic mass is 16.5. The van der Waals surface area contributed by atoms with Crippen LogP contribution in [0, 0.1) is 0 Å². The molecule has 1 aromatic carbocycles. The van der Waals surface area contributed by atoms with Crippen LogP contribution in [0.25, 0.3) is 0 Å². The summed E-state index contributed by atoms with van der Waals surface area (Å²) in [5.74, 6) is 0.0159. The molecule has 2 rings (SSSR count). The number of rotatable bonds is 2. The first-order valence-electron chi connectivity index (χ1n) is 5.53. The summed E-state index contributed by atoms with van der Waals surface area (Å²) in [5, 5.41) is 10.4. The van der Waals surface area contributed by atoms with E-state index in [4.69, 9.17) is 4.74 Å². The molecule has 1 heterocycles. The van der Waals surface area contributed by atoms with E-state index in [-0.39, 0.29) is 5.78 Å². The fraction of sp³-hybridized carbons (Fsp3) is 0.462. The van der Waals surface area contributed by atoms with Crippen molar-refractivity contribution in [2.75, 3.05) is 13.2 Å². The van der Waals surface area contributed by atoms with Crippen molar-refractivity contribution in [2.24, 2.45) is 0 Å². The number of Topliss-reactive ketones (excluding diaryl/α,β-unsaturated/α-hetero) is 1. The number of ether oxygens (including phenoxy) is 1. The van der Waals surface area contributed by atoms with Crippen molar-refractivity contribution in [3.05, 3.63) is 35.4 Å². The van der Waals surface area contributed by atoms with E-state index in [1.807, 2.05) is 6.07 Å². The molecule has 0 saturated carbocycles. The quantitative estimate of drug-likeness (QED) is 0.774. The number of ketones is 1. The van der Waals surface area contributed by atoms with Gasteiger partial charge in [0, 0.05) is 12.2 Å². The molecule has 0 amide bonds. The van der Waals surface area contributed by atoms with Crippen LogP contribution in [0.1, 0.15) is 35.7 Å². The third kappa shape index (κ3) is 2.15. The van der Waals surface area contributed by atoms with Gasteiger partial charge in [-0.3, -0.25) is 4.79 Å². The Morgan fingerprint density at radius 2 is 2.31 bits per heavy atom. The Bertz CT molecular complexity index is 392. The van der Waals surface area contributed by atoms with Crippen LogP contribution in [0.4, 0.5) is 0 Å². The number of carbonyl (C=O) groups is 1. The van der Waals surface area contributed by atoms with E-state index in [1.54, 1.807) is 18.2 Å². The number of hydrogen-bond donors (Lipinski definition) is 1. The van der Waals surface area contributed by atoms with E-state index < -0.39 is 5.60 Å². The normalized spacial score (nSPS) is 25.4. The molecule has 0 spiro atoms. The Morgan fingerprint density at radius 3 is 2.94 bits per heavy atom. The van der Waals surface area contributed by atoms with Gasteiger partial charge in [0.25, 0.3) is 0 Å². The van der Waals surface area contributed by atoms with E-state index in [2.05, 4.69) is 0 Å². The molecular formula is C13H16O3. The van der Waals surface area contributed by atoms with Crippen molar-refractivity contribution in [3.63, 3.8) is 0 Å². The van der Waals surface area contributed by atoms with Crippen LogP contribution >= 0.6 is 0 Å². The summed E-state index contributed by atoms with van der Waals surface area (Å²) in [6.45, 7) is 2.55. The second kappa shape index (κ2) is 4.36. The van der Waals surface area contributed by atoms with Gasteiger partial charge in [0.2, 0.25) is 0 Å². The molecular weight excluding hydrogens is 204 g/mol. The van der Waals surface area contributed by atoms with Crippen molar-refractivity contribution >= 4 is 5.78 Å². The minimum atomic E-state index is -0.927. The third-order valence-electron chi connectivity index (χ3n) is 3.03. The average Bonchev–Trinajstić information content (AvgIpc) is 2.30. The second-order valence-corrected chi connectivity index (χ2v) is 4.32. The predicted molar refractivity (Wildman–Crippen MR) is 60.4 cm³/mol. The summed E-state index contributed by atoms with van der Waals surface area (Å²) in [6, 6.07) is 7.18. The van der Waals surface area contributed by atoms with Crippen LogP contribution in [0.2, 0.25) is 0 Å². The Balaban J connectivity index is 2.31. The molecule has 86 valence electrons. The highest BCUT2D eigenvalue weighted by Crippen LogP contribution is 2.30. The molecule has 1 fully saturated rings. The van der Waals surface area contributed by atoms with Gasteiger partial charge in [0.05, 0.1) is 6.61 Å². The Morgan fingerprint density at radius 1 is 1.50 bits per heavy atom. The van der Waals surface area contributed by atoms with Gasteiger partial charge in [-0.05, 0) is 31.4 Å². The number of hydrogen-bond acceptors (Lipinski definition) is 3. The summed E-state index contributed by atoms with van der Waals surface area (Å²) in [4.78, 5) is 11.3. The van der Waals surface area contributed by atoms with E-state index in [0.29, 0.717) is 25.2 Å². The molecule has 3 nitrogen and oxygen atoms in total. The fourth-order valence-corrected chi connectivity index (χ4v) is 2.04. The summed E-state index contributed by atoms with van der Waals surface area (Å²) in [6.07, 6.45) is 1.54. The van der Waals surface area contributed by atoms with Crippen LogP contribution < -0.4 is 0 Å². The second-order valence-electron chi connectivity index (χ2n) is 4.32. The average molecular weight is 220 g/mol. The molecule has 1 N–H and O–H groups in total. The van der Waals surface area contributed by atoms with Crippen molar-refractivity contribution < 1.29 is 14.6 Å². The molecule has 0 bridgehead atoms. The molecule has 3 heteroatoms. The van der Waals surface area contributed by atoms with Gasteiger partial charge in [0.1, 0.15) is 5.60 Å². The molecule has 1 aromatic rings. The van der Waals surface area contributed by atoms with E-state index >= 15 is 0 Å². The van der Waals surface area contributed by atoms with Crippen molar-refractivity contribution in [1.29, 1.82) is 0 Å². The Labute approximate surface area is 95.0 Å². The van der Waals surface area contributed by atoms with Gasteiger partial charge in [-0.15, -0.1) is 0 Å². The Hall–Kier alpha value is -1.19. The van der Waals surface area contributed by atoms with Gasteiger partial charge >= 0.3 is 0 Å². The fourth-order valence-electron chi connectivity index (χ4n) is 2.04. The predicted octanol–water partition coefficient (Wildman–Crippen LogP) is 1.89. The molecule has 1 aliphatic rings. The molecule has 0 aliphatic carbocycles.